The molecular formula is C48H56N12O4. The third-order valence-corrected chi connectivity index (χ3v) is 14.1. The molecule has 6 aliphatic rings. The van der Waals surface area contributed by atoms with E-state index in [1.165, 1.54) is 56.1 Å². The largest absolute Gasteiger partial charge is 0.379 e. The number of aryl methyl sites for hydroxylation is 2. The molecule has 0 N–H and O–H groups in total. The van der Waals surface area contributed by atoms with Crippen LogP contribution in [-0.4, -0.2) is 113 Å². The van der Waals surface area contributed by atoms with Crippen LogP contribution >= 0.6 is 0 Å². The Hall–Kier alpha value is -6.26. The standard InChI is InChI=1S/2C24H28N6O2/c2*1-16(31)28-8-6-23-21(14-28)24(26-30(23)20-7-10-32-15-20)29-9-5-18-11-17(3-4-22(18)29)19-12-25-27(2)13-19/h2*3-4,11-13,20H,5-10,14-15H2,1-2H3/t2*20-/m10/s1. The van der Waals surface area contributed by atoms with E-state index in [-0.39, 0.29) is 23.9 Å². The number of carbonyl (C=O) groups is 2. The van der Waals surface area contributed by atoms with E-state index in [1.807, 2.05) is 58.0 Å². The van der Waals surface area contributed by atoms with Gasteiger partial charge in [-0.05, 0) is 72.2 Å². The minimum absolute atomic E-state index is 0.126. The van der Waals surface area contributed by atoms with Crippen LogP contribution in [0.5, 0.6) is 0 Å². The number of rotatable bonds is 6. The number of carbonyl (C=O) groups excluding carboxylic acids is 2. The van der Waals surface area contributed by atoms with E-state index in [4.69, 9.17) is 19.7 Å². The van der Waals surface area contributed by atoms with E-state index in [0.717, 1.165) is 114 Å². The predicted molar refractivity (Wildman–Crippen MR) is 242 cm³/mol. The van der Waals surface area contributed by atoms with Crippen LogP contribution in [0, 0.1) is 0 Å². The third kappa shape index (κ3) is 7.25. The number of benzene rings is 2. The molecule has 10 heterocycles. The molecule has 12 rings (SSSR count). The zero-order chi connectivity index (χ0) is 43.6. The van der Waals surface area contributed by atoms with Crippen LogP contribution in [0.3, 0.4) is 0 Å². The number of aromatic nitrogens is 8. The van der Waals surface area contributed by atoms with Crippen molar-refractivity contribution in [3.8, 4) is 22.3 Å². The number of nitrogens with zero attached hydrogens (tertiary/aromatic N) is 12. The summed E-state index contributed by atoms with van der Waals surface area (Å²) in [5.74, 6) is 2.26. The van der Waals surface area contributed by atoms with E-state index < -0.39 is 0 Å². The van der Waals surface area contributed by atoms with Gasteiger partial charge in [-0.1, -0.05) is 12.1 Å². The van der Waals surface area contributed by atoms with Gasteiger partial charge in [-0.2, -0.15) is 20.4 Å². The molecule has 2 amide bonds. The Labute approximate surface area is 372 Å². The summed E-state index contributed by atoms with van der Waals surface area (Å²) in [6.07, 6.45) is 13.6. The second-order valence-electron chi connectivity index (χ2n) is 18.1. The number of amides is 2. The molecule has 4 aromatic heterocycles. The Morgan fingerprint density at radius 2 is 1.05 bits per heavy atom. The van der Waals surface area contributed by atoms with Crippen molar-refractivity contribution in [3.63, 3.8) is 0 Å². The normalized spacial score (nSPS) is 20.0. The van der Waals surface area contributed by atoms with Gasteiger partial charge in [0.25, 0.3) is 0 Å². The first-order valence-electron chi connectivity index (χ1n) is 22.8. The van der Waals surface area contributed by atoms with E-state index in [1.54, 1.807) is 13.8 Å². The van der Waals surface area contributed by atoms with Gasteiger partial charge in [0.1, 0.15) is 0 Å². The Balaban J connectivity index is 0.000000143. The van der Waals surface area contributed by atoms with E-state index in [2.05, 4.69) is 65.8 Å². The molecule has 2 fully saturated rings. The Morgan fingerprint density at radius 3 is 1.42 bits per heavy atom. The molecule has 2 aromatic carbocycles. The molecule has 0 aliphatic carbocycles. The Kier molecular flexibility index (Phi) is 10.4. The van der Waals surface area contributed by atoms with Crippen LogP contribution in [0.1, 0.15) is 72.4 Å². The summed E-state index contributed by atoms with van der Waals surface area (Å²) >= 11 is 0. The van der Waals surface area contributed by atoms with Crippen LogP contribution < -0.4 is 9.80 Å². The SMILES string of the molecule is CC(=O)N1CCc2c(c(N3CCc4cc(-c5cnn(C)c5)ccc43)nn2[C@@H]2CCOC2)C1.CC(=O)N1CCc2c(c(N3CCc4cc(-c5cnn(C)c5)ccc43)nn2[C@H]2CCOC2)C1. The average Bonchev–Trinajstić information content (AvgIpc) is 4.15. The lowest BCUT2D eigenvalue weighted by Crippen LogP contribution is -2.35. The maximum atomic E-state index is 12.1. The molecule has 6 aromatic rings. The molecule has 2 atom stereocenters. The monoisotopic (exact) mass is 864 g/mol. The molecule has 64 heavy (non-hydrogen) atoms. The second-order valence-corrected chi connectivity index (χ2v) is 18.1. The first-order valence-corrected chi connectivity index (χ1v) is 22.8. The Morgan fingerprint density at radius 1 is 0.594 bits per heavy atom. The fraction of sp³-hybridized carbons (Fsp3) is 0.458. The molecule has 2 saturated heterocycles. The summed E-state index contributed by atoms with van der Waals surface area (Å²) in [4.78, 5) is 32.8. The average molecular weight is 865 g/mol. The van der Waals surface area contributed by atoms with E-state index >= 15 is 0 Å². The van der Waals surface area contributed by atoms with E-state index in [0.29, 0.717) is 13.1 Å². The topological polar surface area (TPSA) is 137 Å². The predicted octanol–water partition coefficient (Wildman–Crippen LogP) is 5.69. The van der Waals surface area contributed by atoms with Gasteiger partial charge in [-0.3, -0.25) is 28.3 Å². The van der Waals surface area contributed by atoms with Gasteiger partial charge in [0.05, 0.1) is 50.8 Å². The van der Waals surface area contributed by atoms with Gasteiger partial charge in [-0.15, -0.1) is 0 Å². The number of anilines is 4. The van der Waals surface area contributed by atoms with Gasteiger partial charge in [0, 0.05) is 138 Å². The van der Waals surface area contributed by atoms with Gasteiger partial charge in [0.15, 0.2) is 11.6 Å². The molecule has 332 valence electrons. The highest BCUT2D eigenvalue weighted by molar-refractivity contribution is 5.79. The fourth-order valence-electron chi connectivity index (χ4n) is 10.6. The van der Waals surface area contributed by atoms with Gasteiger partial charge >= 0.3 is 0 Å². The zero-order valence-corrected chi connectivity index (χ0v) is 37.2. The quantitative estimate of drug-likeness (QED) is 0.206. The van der Waals surface area contributed by atoms with Crippen molar-refractivity contribution in [2.75, 3.05) is 62.4 Å². The molecule has 0 saturated carbocycles. The highest BCUT2D eigenvalue weighted by Gasteiger charge is 2.36. The van der Waals surface area contributed by atoms with E-state index in [9.17, 15) is 9.59 Å². The lowest BCUT2D eigenvalue weighted by molar-refractivity contribution is -0.130. The van der Waals surface area contributed by atoms with Crippen molar-refractivity contribution < 1.29 is 19.1 Å². The van der Waals surface area contributed by atoms with Gasteiger partial charge < -0.3 is 29.1 Å². The van der Waals surface area contributed by atoms with Crippen molar-refractivity contribution in [1.82, 2.24) is 48.9 Å². The molecule has 0 unspecified atom stereocenters. The van der Waals surface area contributed by atoms with Crippen molar-refractivity contribution in [1.29, 1.82) is 0 Å². The second kappa shape index (κ2) is 16.4. The maximum absolute atomic E-state index is 12.1. The van der Waals surface area contributed by atoms with Gasteiger partial charge in [0.2, 0.25) is 11.8 Å². The molecule has 16 nitrogen and oxygen atoms in total. The summed E-state index contributed by atoms with van der Waals surface area (Å²) in [7, 11) is 3.88. The van der Waals surface area contributed by atoms with Crippen molar-refractivity contribution in [2.24, 2.45) is 14.1 Å². The molecular weight excluding hydrogens is 809 g/mol. The summed E-state index contributed by atoms with van der Waals surface area (Å²) < 4.78 is 19.4. The molecule has 16 heteroatoms. The first-order chi connectivity index (χ1) is 31.2. The smallest absolute Gasteiger partial charge is 0.219 e. The third-order valence-electron chi connectivity index (χ3n) is 14.1. The lowest BCUT2D eigenvalue weighted by atomic mass is 10.0. The van der Waals surface area contributed by atoms with Crippen LogP contribution in [-0.2, 0) is 71.9 Å². The first kappa shape index (κ1) is 40.5. The van der Waals surface area contributed by atoms with Crippen molar-refractivity contribution in [3.05, 3.63) is 94.8 Å². The van der Waals surface area contributed by atoms with Crippen molar-refractivity contribution in [2.45, 2.75) is 77.5 Å². The molecule has 0 radical (unpaired) electrons. The van der Waals surface area contributed by atoms with Crippen molar-refractivity contribution >= 4 is 34.8 Å². The highest BCUT2D eigenvalue weighted by atomic mass is 16.5. The molecule has 0 bridgehead atoms. The summed E-state index contributed by atoms with van der Waals surface area (Å²) in [6, 6.07) is 13.9. The summed E-state index contributed by atoms with van der Waals surface area (Å²) in [5, 5.41) is 18.9. The van der Waals surface area contributed by atoms with Crippen LogP contribution in [0.2, 0.25) is 0 Å². The minimum Gasteiger partial charge on any atom is -0.379 e. The number of fused-ring (bicyclic) bond motifs is 4. The lowest BCUT2D eigenvalue weighted by Gasteiger charge is -2.28. The summed E-state index contributed by atoms with van der Waals surface area (Å²) in [5.41, 5.74) is 14.7. The van der Waals surface area contributed by atoms with Gasteiger partial charge in [-0.25, -0.2) is 0 Å². The Bertz CT molecular complexity index is 2560. The fourth-order valence-corrected chi connectivity index (χ4v) is 10.6. The summed E-state index contributed by atoms with van der Waals surface area (Å²) in [6.45, 7) is 10.9. The number of hydrogen-bond donors (Lipinski definition) is 0. The van der Waals surface area contributed by atoms with Crippen LogP contribution in [0.25, 0.3) is 22.3 Å². The maximum Gasteiger partial charge on any atom is 0.219 e. The number of hydrogen-bond acceptors (Lipinski definition) is 10. The minimum atomic E-state index is 0.126. The molecule has 6 aliphatic heterocycles. The zero-order valence-electron chi connectivity index (χ0n) is 37.2. The number of ether oxygens (including phenoxy) is 2. The molecule has 0 spiro atoms. The van der Waals surface area contributed by atoms with Crippen LogP contribution in [0.4, 0.5) is 23.0 Å². The highest BCUT2D eigenvalue weighted by Crippen LogP contribution is 2.43. The van der Waals surface area contributed by atoms with Crippen LogP contribution in [0.15, 0.2) is 61.2 Å².